The van der Waals surface area contributed by atoms with E-state index >= 15 is 0 Å². The molecule has 0 spiro atoms. The Morgan fingerprint density at radius 3 is 2.53 bits per heavy atom. The van der Waals surface area contributed by atoms with E-state index in [0.29, 0.717) is 0 Å². The highest BCUT2D eigenvalue weighted by atomic mass is 79.9. The van der Waals surface area contributed by atoms with Crippen molar-refractivity contribution in [3.63, 3.8) is 0 Å². The predicted octanol–water partition coefficient (Wildman–Crippen LogP) is 4.54. The Labute approximate surface area is 110 Å². The van der Waals surface area contributed by atoms with Gasteiger partial charge >= 0.3 is 0 Å². The normalized spacial score (nSPS) is 10.2. The monoisotopic (exact) mass is 290 g/mol. The lowest BCUT2D eigenvalue weighted by molar-refractivity contribution is 0.922. The maximum atomic E-state index is 4.33. The molecule has 0 aliphatic rings. The van der Waals surface area contributed by atoms with Gasteiger partial charge in [-0.3, -0.25) is 0 Å². The molecule has 0 bridgehead atoms. The number of pyridine rings is 1. The highest BCUT2D eigenvalue weighted by Gasteiger charge is 1.97. The molecule has 0 atom stereocenters. The summed E-state index contributed by atoms with van der Waals surface area (Å²) in [5, 5.41) is 3.27. The van der Waals surface area contributed by atoms with Crippen LogP contribution in [-0.4, -0.2) is 4.98 Å². The molecule has 0 saturated carbocycles. The third-order valence-corrected chi connectivity index (χ3v) is 2.92. The zero-order valence-electron chi connectivity index (χ0n) is 9.78. The van der Waals surface area contributed by atoms with Gasteiger partial charge in [0.05, 0.1) is 0 Å². The average molecular weight is 291 g/mol. The van der Waals surface area contributed by atoms with Crippen molar-refractivity contribution in [2.75, 3.05) is 5.32 Å². The van der Waals surface area contributed by atoms with Crippen molar-refractivity contribution in [3.8, 4) is 0 Å². The van der Waals surface area contributed by atoms with Crippen molar-refractivity contribution >= 4 is 27.4 Å². The molecule has 1 N–H and O–H groups in total. The van der Waals surface area contributed by atoms with Gasteiger partial charge in [-0.25, -0.2) is 4.98 Å². The largest absolute Gasteiger partial charge is 0.340 e. The molecular formula is C14H15BrN2. The van der Waals surface area contributed by atoms with Gasteiger partial charge in [0, 0.05) is 5.69 Å². The highest BCUT2D eigenvalue weighted by molar-refractivity contribution is 9.10. The van der Waals surface area contributed by atoms with E-state index in [1.807, 2.05) is 18.2 Å². The SMILES string of the molecule is CCCc1ccc(Nc2cccc(Br)n2)cc1. The molecule has 0 fully saturated rings. The number of nitrogens with one attached hydrogen (secondary N) is 1. The predicted molar refractivity (Wildman–Crippen MR) is 75.7 cm³/mol. The molecule has 2 aromatic rings. The topological polar surface area (TPSA) is 24.9 Å². The van der Waals surface area contributed by atoms with Crippen molar-refractivity contribution in [1.82, 2.24) is 4.98 Å². The second-order valence-electron chi connectivity index (χ2n) is 3.92. The van der Waals surface area contributed by atoms with Crippen molar-refractivity contribution in [2.45, 2.75) is 19.8 Å². The number of aryl methyl sites for hydroxylation is 1. The molecule has 0 radical (unpaired) electrons. The summed E-state index contributed by atoms with van der Waals surface area (Å²) >= 11 is 3.36. The fraction of sp³-hybridized carbons (Fsp3) is 0.214. The van der Waals surface area contributed by atoms with Crippen LogP contribution in [0.5, 0.6) is 0 Å². The summed E-state index contributed by atoms with van der Waals surface area (Å²) in [5.41, 5.74) is 2.44. The van der Waals surface area contributed by atoms with Crippen LogP contribution in [-0.2, 0) is 6.42 Å². The van der Waals surface area contributed by atoms with E-state index < -0.39 is 0 Å². The highest BCUT2D eigenvalue weighted by Crippen LogP contribution is 2.17. The molecule has 0 unspecified atom stereocenters. The lowest BCUT2D eigenvalue weighted by atomic mass is 10.1. The Hall–Kier alpha value is -1.35. The summed E-state index contributed by atoms with van der Waals surface area (Å²) in [6.45, 7) is 2.19. The summed E-state index contributed by atoms with van der Waals surface area (Å²) < 4.78 is 0.838. The van der Waals surface area contributed by atoms with Crippen molar-refractivity contribution < 1.29 is 0 Å². The van der Waals surface area contributed by atoms with Crippen LogP contribution in [0.4, 0.5) is 11.5 Å². The summed E-state index contributed by atoms with van der Waals surface area (Å²) in [5.74, 6) is 0.850. The van der Waals surface area contributed by atoms with Gasteiger partial charge < -0.3 is 5.32 Å². The third-order valence-electron chi connectivity index (χ3n) is 2.48. The van der Waals surface area contributed by atoms with Crippen molar-refractivity contribution in [1.29, 1.82) is 0 Å². The molecule has 1 heterocycles. The maximum absolute atomic E-state index is 4.33. The fourth-order valence-electron chi connectivity index (χ4n) is 1.67. The number of aromatic nitrogens is 1. The Morgan fingerprint density at radius 1 is 1.12 bits per heavy atom. The zero-order chi connectivity index (χ0) is 12.1. The molecule has 1 aromatic heterocycles. The molecule has 17 heavy (non-hydrogen) atoms. The Kier molecular flexibility index (Phi) is 4.15. The number of halogens is 1. The number of hydrogen-bond donors (Lipinski definition) is 1. The summed E-state index contributed by atoms with van der Waals surface area (Å²) in [7, 11) is 0. The molecular weight excluding hydrogens is 276 g/mol. The van der Waals surface area contributed by atoms with Crippen LogP contribution < -0.4 is 5.32 Å². The van der Waals surface area contributed by atoms with E-state index in [1.54, 1.807) is 0 Å². The Bertz CT molecular complexity index is 480. The van der Waals surface area contributed by atoms with Gasteiger partial charge in [-0.1, -0.05) is 31.5 Å². The van der Waals surface area contributed by atoms with Crippen molar-refractivity contribution in [2.24, 2.45) is 0 Å². The molecule has 2 nitrogen and oxygen atoms in total. The maximum Gasteiger partial charge on any atom is 0.131 e. The number of benzene rings is 1. The molecule has 0 saturated heterocycles. The van der Waals surface area contributed by atoms with E-state index in [2.05, 4.69) is 57.4 Å². The van der Waals surface area contributed by atoms with Gasteiger partial charge in [0.15, 0.2) is 0 Å². The van der Waals surface area contributed by atoms with Gasteiger partial charge in [0.2, 0.25) is 0 Å². The minimum atomic E-state index is 0.838. The van der Waals surface area contributed by atoms with E-state index in [4.69, 9.17) is 0 Å². The first-order valence-corrected chi connectivity index (χ1v) is 6.56. The first-order valence-electron chi connectivity index (χ1n) is 5.76. The van der Waals surface area contributed by atoms with Gasteiger partial charge in [-0.15, -0.1) is 0 Å². The molecule has 1 aromatic carbocycles. The molecule has 3 heteroatoms. The summed E-state index contributed by atoms with van der Waals surface area (Å²) in [4.78, 5) is 4.33. The van der Waals surface area contributed by atoms with E-state index in [1.165, 1.54) is 12.0 Å². The average Bonchev–Trinajstić information content (AvgIpc) is 2.32. The van der Waals surface area contributed by atoms with Gasteiger partial charge in [0.1, 0.15) is 10.4 Å². The number of anilines is 2. The molecule has 0 aliphatic carbocycles. The second-order valence-corrected chi connectivity index (χ2v) is 4.73. The van der Waals surface area contributed by atoms with E-state index in [-0.39, 0.29) is 0 Å². The lowest BCUT2D eigenvalue weighted by Crippen LogP contribution is -1.93. The minimum Gasteiger partial charge on any atom is -0.340 e. The number of rotatable bonds is 4. The molecule has 88 valence electrons. The number of hydrogen-bond acceptors (Lipinski definition) is 2. The van der Waals surface area contributed by atoms with Gasteiger partial charge in [-0.05, 0) is 52.2 Å². The Morgan fingerprint density at radius 2 is 1.88 bits per heavy atom. The smallest absolute Gasteiger partial charge is 0.131 e. The first-order chi connectivity index (χ1) is 8.28. The minimum absolute atomic E-state index is 0.838. The van der Waals surface area contributed by atoms with E-state index in [9.17, 15) is 0 Å². The lowest BCUT2D eigenvalue weighted by Gasteiger charge is -2.06. The van der Waals surface area contributed by atoms with E-state index in [0.717, 1.165) is 22.5 Å². The Balaban J connectivity index is 2.08. The summed E-state index contributed by atoms with van der Waals surface area (Å²) in [6, 6.07) is 14.3. The van der Waals surface area contributed by atoms with Crippen LogP contribution in [0.15, 0.2) is 47.1 Å². The molecule has 0 amide bonds. The molecule has 0 aliphatic heterocycles. The second kappa shape index (κ2) is 5.82. The van der Waals surface area contributed by atoms with Crippen LogP contribution >= 0.6 is 15.9 Å². The van der Waals surface area contributed by atoms with Crippen LogP contribution in [0, 0.1) is 0 Å². The third kappa shape index (κ3) is 3.56. The van der Waals surface area contributed by atoms with Gasteiger partial charge in [0.25, 0.3) is 0 Å². The summed E-state index contributed by atoms with van der Waals surface area (Å²) in [6.07, 6.45) is 2.31. The van der Waals surface area contributed by atoms with Crippen LogP contribution in [0.2, 0.25) is 0 Å². The van der Waals surface area contributed by atoms with Crippen LogP contribution in [0.1, 0.15) is 18.9 Å². The van der Waals surface area contributed by atoms with Gasteiger partial charge in [-0.2, -0.15) is 0 Å². The van der Waals surface area contributed by atoms with Crippen molar-refractivity contribution in [3.05, 3.63) is 52.6 Å². The quantitative estimate of drug-likeness (QED) is 0.836. The number of nitrogens with zero attached hydrogens (tertiary/aromatic N) is 1. The standard InChI is InChI=1S/C14H15BrN2/c1-2-4-11-7-9-12(10-8-11)16-14-6-3-5-13(15)17-14/h3,5-10H,2,4H2,1H3,(H,16,17). The first kappa shape index (κ1) is 12.1. The fourth-order valence-corrected chi connectivity index (χ4v) is 2.01. The zero-order valence-corrected chi connectivity index (χ0v) is 11.4. The van der Waals surface area contributed by atoms with Crippen LogP contribution in [0.3, 0.4) is 0 Å². The van der Waals surface area contributed by atoms with Crippen LogP contribution in [0.25, 0.3) is 0 Å². The molecule has 2 rings (SSSR count).